The maximum Gasteiger partial charge on any atom is 0.315 e. The van der Waals surface area contributed by atoms with E-state index in [9.17, 15) is 4.79 Å². The lowest BCUT2D eigenvalue weighted by Crippen LogP contribution is -2.45. The lowest BCUT2D eigenvalue weighted by molar-refractivity contribution is -0.184. The number of hydrogen-bond acceptors (Lipinski definition) is 2. The van der Waals surface area contributed by atoms with Gasteiger partial charge in [-0.15, -0.1) is 0 Å². The van der Waals surface area contributed by atoms with Crippen LogP contribution in [0.5, 0.6) is 0 Å². The Labute approximate surface area is 67.9 Å². The van der Waals surface area contributed by atoms with Gasteiger partial charge in [0, 0.05) is 0 Å². The van der Waals surface area contributed by atoms with Crippen molar-refractivity contribution in [3.63, 3.8) is 0 Å². The van der Waals surface area contributed by atoms with E-state index in [-0.39, 0.29) is 11.4 Å². The zero-order valence-electron chi connectivity index (χ0n) is 7.35. The Balaban J connectivity index is 2.19. The summed E-state index contributed by atoms with van der Waals surface area (Å²) in [6, 6.07) is 0. The summed E-state index contributed by atoms with van der Waals surface area (Å²) in [4.78, 5) is 10.9. The van der Waals surface area contributed by atoms with Crippen molar-refractivity contribution in [2.75, 3.05) is 6.61 Å². The van der Waals surface area contributed by atoms with Crippen molar-refractivity contribution in [2.24, 2.45) is 5.41 Å². The smallest absolute Gasteiger partial charge is 0.315 e. The van der Waals surface area contributed by atoms with E-state index in [0.717, 1.165) is 12.8 Å². The monoisotopic (exact) mass is 156 g/mol. The Hall–Kier alpha value is -0.530. The van der Waals surface area contributed by atoms with Crippen LogP contribution in [0.25, 0.3) is 0 Å². The zero-order valence-corrected chi connectivity index (χ0v) is 7.35. The Bertz CT molecular complexity index is 154. The van der Waals surface area contributed by atoms with Gasteiger partial charge in [0.05, 0.1) is 5.41 Å². The summed E-state index contributed by atoms with van der Waals surface area (Å²) in [7, 11) is 0. The Morgan fingerprint density at radius 2 is 2.27 bits per heavy atom. The van der Waals surface area contributed by atoms with Gasteiger partial charge in [0.2, 0.25) is 0 Å². The van der Waals surface area contributed by atoms with Crippen molar-refractivity contribution in [2.45, 2.75) is 39.5 Å². The number of ether oxygens (including phenoxy) is 1. The molecule has 0 aromatic heterocycles. The lowest BCUT2D eigenvalue weighted by atomic mass is 9.82. The molecule has 0 amide bonds. The standard InChI is InChI=1S/C9H16O2/c1-3-4-5-6-9(2)7-11-8(9)10/h3-7H2,1-2H3. The molecule has 2 nitrogen and oxygen atoms in total. The number of esters is 1. The summed E-state index contributed by atoms with van der Waals surface area (Å²) in [5, 5.41) is 0. The summed E-state index contributed by atoms with van der Waals surface area (Å²) in [6.07, 6.45) is 4.59. The normalized spacial score (nSPS) is 29.5. The molecular formula is C9H16O2. The van der Waals surface area contributed by atoms with Crippen LogP contribution < -0.4 is 0 Å². The SMILES string of the molecule is CCCCCC1(C)COC1=O. The molecule has 0 saturated carbocycles. The van der Waals surface area contributed by atoms with Crippen molar-refractivity contribution in [1.29, 1.82) is 0 Å². The lowest BCUT2D eigenvalue weighted by Gasteiger charge is -2.35. The first-order valence-electron chi connectivity index (χ1n) is 4.36. The van der Waals surface area contributed by atoms with E-state index in [4.69, 9.17) is 4.74 Å². The predicted molar refractivity (Wildman–Crippen MR) is 43.2 cm³/mol. The molecule has 0 aromatic carbocycles. The van der Waals surface area contributed by atoms with Crippen LogP contribution >= 0.6 is 0 Å². The molecule has 1 fully saturated rings. The highest BCUT2D eigenvalue weighted by Crippen LogP contribution is 2.33. The quantitative estimate of drug-likeness (QED) is 0.460. The Kier molecular flexibility index (Phi) is 2.53. The molecule has 0 spiro atoms. The first-order chi connectivity index (χ1) is 5.19. The van der Waals surface area contributed by atoms with Gasteiger partial charge in [-0.1, -0.05) is 26.2 Å². The molecular weight excluding hydrogens is 140 g/mol. The third kappa shape index (κ3) is 1.73. The maximum absolute atomic E-state index is 10.9. The van der Waals surface area contributed by atoms with Gasteiger partial charge in [-0.2, -0.15) is 0 Å². The van der Waals surface area contributed by atoms with Gasteiger partial charge in [0.1, 0.15) is 6.61 Å². The molecule has 64 valence electrons. The maximum atomic E-state index is 10.9. The van der Waals surface area contributed by atoms with Crippen molar-refractivity contribution < 1.29 is 9.53 Å². The second-order valence-corrected chi connectivity index (χ2v) is 3.59. The largest absolute Gasteiger partial charge is 0.464 e. The molecule has 1 saturated heterocycles. The van der Waals surface area contributed by atoms with Gasteiger partial charge in [-0.05, 0) is 13.3 Å². The van der Waals surface area contributed by atoms with Crippen LogP contribution in [0.3, 0.4) is 0 Å². The fraction of sp³-hybridized carbons (Fsp3) is 0.889. The molecule has 1 unspecified atom stereocenters. The fourth-order valence-corrected chi connectivity index (χ4v) is 1.32. The molecule has 1 aliphatic heterocycles. The highest BCUT2D eigenvalue weighted by molar-refractivity contribution is 5.81. The van der Waals surface area contributed by atoms with Gasteiger partial charge in [0.15, 0.2) is 0 Å². The van der Waals surface area contributed by atoms with Crippen LogP contribution in [0, 0.1) is 5.41 Å². The van der Waals surface area contributed by atoms with Gasteiger partial charge >= 0.3 is 5.97 Å². The number of carbonyl (C=O) groups is 1. The van der Waals surface area contributed by atoms with Crippen molar-refractivity contribution >= 4 is 5.97 Å². The van der Waals surface area contributed by atoms with Gasteiger partial charge in [-0.25, -0.2) is 0 Å². The van der Waals surface area contributed by atoms with Crippen LogP contribution in [0.4, 0.5) is 0 Å². The molecule has 1 rings (SSSR count). The molecule has 2 heteroatoms. The minimum Gasteiger partial charge on any atom is -0.464 e. The zero-order chi connectivity index (χ0) is 8.32. The molecule has 1 heterocycles. The number of unbranched alkanes of at least 4 members (excludes halogenated alkanes) is 2. The van der Waals surface area contributed by atoms with Crippen LogP contribution in [-0.4, -0.2) is 12.6 Å². The minimum atomic E-state index is -0.130. The molecule has 1 atom stereocenters. The second-order valence-electron chi connectivity index (χ2n) is 3.59. The Morgan fingerprint density at radius 3 is 2.64 bits per heavy atom. The fourth-order valence-electron chi connectivity index (χ4n) is 1.32. The van der Waals surface area contributed by atoms with E-state index in [1.165, 1.54) is 12.8 Å². The van der Waals surface area contributed by atoms with Crippen LogP contribution in [0.1, 0.15) is 39.5 Å². The average Bonchev–Trinajstić information content (AvgIpc) is 2.02. The molecule has 0 aliphatic carbocycles. The molecule has 0 N–H and O–H groups in total. The third-order valence-electron chi connectivity index (χ3n) is 2.35. The molecule has 0 radical (unpaired) electrons. The van der Waals surface area contributed by atoms with E-state index < -0.39 is 0 Å². The first-order valence-corrected chi connectivity index (χ1v) is 4.36. The van der Waals surface area contributed by atoms with Crippen molar-refractivity contribution in [3.05, 3.63) is 0 Å². The third-order valence-corrected chi connectivity index (χ3v) is 2.35. The van der Waals surface area contributed by atoms with Crippen molar-refractivity contribution in [1.82, 2.24) is 0 Å². The van der Waals surface area contributed by atoms with Crippen LogP contribution in [0.15, 0.2) is 0 Å². The minimum absolute atomic E-state index is 0.00592. The van der Waals surface area contributed by atoms with Crippen molar-refractivity contribution in [3.8, 4) is 0 Å². The molecule has 0 bridgehead atoms. The van der Waals surface area contributed by atoms with Gasteiger partial charge in [-0.3, -0.25) is 4.79 Å². The van der Waals surface area contributed by atoms with E-state index in [2.05, 4.69) is 6.92 Å². The van der Waals surface area contributed by atoms with Crippen LogP contribution in [0.2, 0.25) is 0 Å². The average molecular weight is 156 g/mol. The van der Waals surface area contributed by atoms with E-state index >= 15 is 0 Å². The highest BCUT2D eigenvalue weighted by Gasteiger charge is 2.43. The molecule has 0 aromatic rings. The number of hydrogen-bond donors (Lipinski definition) is 0. The van der Waals surface area contributed by atoms with E-state index in [0.29, 0.717) is 6.61 Å². The molecule has 11 heavy (non-hydrogen) atoms. The Morgan fingerprint density at radius 1 is 1.55 bits per heavy atom. The topological polar surface area (TPSA) is 26.3 Å². The highest BCUT2D eigenvalue weighted by atomic mass is 16.6. The number of cyclic esters (lactones) is 1. The summed E-state index contributed by atoms with van der Waals surface area (Å²) in [6.45, 7) is 4.80. The second kappa shape index (κ2) is 3.24. The van der Waals surface area contributed by atoms with Crippen LogP contribution in [-0.2, 0) is 9.53 Å². The number of carbonyl (C=O) groups excluding carboxylic acids is 1. The van der Waals surface area contributed by atoms with Gasteiger partial charge < -0.3 is 4.74 Å². The summed E-state index contributed by atoms with van der Waals surface area (Å²) >= 11 is 0. The van der Waals surface area contributed by atoms with Gasteiger partial charge in [0.25, 0.3) is 0 Å². The first kappa shape index (κ1) is 8.57. The predicted octanol–water partition coefficient (Wildman–Crippen LogP) is 2.13. The summed E-state index contributed by atoms with van der Waals surface area (Å²) in [5.41, 5.74) is -0.130. The summed E-state index contributed by atoms with van der Waals surface area (Å²) in [5.74, 6) is -0.00592. The summed E-state index contributed by atoms with van der Waals surface area (Å²) < 4.78 is 4.74. The van der Waals surface area contributed by atoms with E-state index in [1.807, 2.05) is 6.92 Å². The van der Waals surface area contributed by atoms with E-state index in [1.54, 1.807) is 0 Å². The number of rotatable bonds is 4. The molecule has 1 aliphatic rings.